The van der Waals surface area contributed by atoms with Gasteiger partial charge in [0.05, 0.1) is 5.69 Å². The van der Waals surface area contributed by atoms with E-state index in [1.54, 1.807) is 31.0 Å². The average Bonchev–Trinajstić information content (AvgIpc) is 2.38. The second kappa shape index (κ2) is 5.32. The van der Waals surface area contributed by atoms with Gasteiger partial charge in [-0.3, -0.25) is 15.0 Å². The van der Waals surface area contributed by atoms with Crippen LogP contribution in [0.15, 0.2) is 43.1 Å². The molecule has 0 radical (unpaired) electrons. The van der Waals surface area contributed by atoms with E-state index in [1.165, 1.54) is 5.56 Å². The van der Waals surface area contributed by atoms with Gasteiger partial charge in [-0.2, -0.15) is 0 Å². The van der Waals surface area contributed by atoms with Gasteiger partial charge in [0, 0.05) is 43.6 Å². The van der Waals surface area contributed by atoms with Crippen molar-refractivity contribution in [3.8, 4) is 0 Å². The topological polar surface area (TPSA) is 50.7 Å². The van der Waals surface area contributed by atoms with E-state index in [-0.39, 0.29) is 6.04 Å². The Bertz CT molecular complexity index is 416. The third-order valence-corrected chi connectivity index (χ3v) is 2.41. The van der Waals surface area contributed by atoms with E-state index in [0.29, 0.717) is 0 Å². The number of hydrogen-bond donors (Lipinski definition) is 1. The molecule has 2 aromatic heterocycles. The number of pyridine rings is 1. The van der Waals surface area contributed by atoms with Gasteiger partial charge >= 0.3 is 0 Å². The third kappa shape index (κ3) is 2.84. The normalized spacial score (nSPS) is 12.3. The smallest absolute Gasteiger partial charge is 0.0724 e. The van der Waals surface area contributed by atoms with Gasteiger partial charge in [-0.25, -0.2) is 0 Å². The molecule has 16 heavy (non-hydrogen) atoms. The van der Waals surface area contributed by atoms with Gasteiger partial charge in [0.25, 0.3) is 0 Å². The molecular weight excluding hydrogens is 200 g/mol. The van der Waals surface area contributed by atoms with Crippen LogP contribution >= 0.6 is 0 Å². The Balaban J connectivity index is 1.92. The standard InChI is InChI=1S/C12H14N4/c1-10(11-2-4-13-5-3-11)16-9-12-8-14-6-7-15-12/h2-8,10,16H,9H2,1H3. The van der Waals surface area contributed by atoms with E-state index >= 15 is 0 Å². The summed E-state index contributed by atoms with van der Waals surface area (Å²) in [5, 5.41) is 3.38. The van der Waals surface area contributed by atoms with Crippen molar-refractivity contribution in [2.75, 3.05) is 0 Å². The fourth-order valence-corrected chi connectivity index (χ4v) is 1.45. The molecular formula is C12H14N4. The highest BCUT2D eigenvalue weighted by Gasteiger charge is 2.04. The lowest BCUT2D eigenvalue weighted by Crippen LogP contribution is -2.18. The van der Waals surface area contributed by atoms with Crippen molar-refractivity contribution >= 4 is 0 Å². The highest BCUT2D eigenvalue weighted by atomic mass is 14.9. The van der Waals surface area contributed by atoms with E-state index in [9.17, 15) is 0 Å². The minimum absolute atomic E-state index is 0.282. The molecule has 2 heterocycles. The maximum absolute atomic E-state index is 4.21. The summed E-state index contributed by atoms with van der Waals surface area (Å²) in [6.07, 6.45) is 8.75. The molecule has 4 nitrogen and oxygen atoms in total. The van der Waals surface area contributed by atoms with Crippen LogP contribution in [0.3, 0.4) is 0 Å². The van der Waals surface area contributed by atoms with Crippen molar-refractivity contribution < 1.29 is 0 Å². The van der Waals surface area contributed by atoms with E-state index in [0.717, 1.165) is 12.2 Å². The van der Waals surface area contributed by atoms with Crippen molar-refractivity contribution in [3.05, 3.63) is 54.4 Å². The molecule has 0 spiro atoms. The van der Waals surface area contributed by atoms with Crippen LogP contribution in [0, 0.1) is 0 Å². The maximum Gasteiger partial charge on any atom is 0.0724 e. The Hall–Kier alpha value is -1.81. The predicted octanol–water partition coefficient (Wildman–Crippen LogP) is 1.72. The van der Waals surface area contributed by atoms with Crippen molar-refractivity contribution in [2.24, 2.45) is 0 Å². The SMILES string of the molecule is CC(NCc1cnccn1)c1ccncc1. The zero-order valence-corrected chi connectivity index (χ0v) is 9.17. The van der Waals surface area contributed by atoms with Gasteiger partial charge in [0.15, 0.2) is 0 Å². The highest BCUT2D eigenvalue weighted by Crippen LogP contribution is 2.10. The quantitative estimate of drug-likeness (QED) is 0.842. The molecule has 2 rings (SSSR count). The van der Waals surface area contributed by atoms with Crippen molar-refractivity contribution in [2.45, 2.75) is 19.5 Å². The summed E-state index contributed by atoms with van der Waals surface area (Å²) >= 11 is 0. The molecule has 1 unspecified atom stereocenters. The van der Waals surface area contributed by atoms with Crippen LogP contribution in [-0.4, -0.2) is 15.0 Å². The van der Waals surface area contributed by atoms with Crippen molar-refractivity contribution in [3.63, 3.8) is 0 Å². The number of hydrogen-bond acceptors (Lipinski definition) is 4. The second-order valence-electron chi connectivity index (χ2n) is 3.58. The van der Waals surface area contributed by atoms with Gasteiger partial charge in [-0.1, -0.05) is 0 Å². The molecule has 0 fully saturated rings. The molecule has 0 aliphatic rings. The minimum Gasteiger partial charge on any atom is -0.305 e. The van der Waals surface area contributed by atoms with Gasteiger partial charge in [0.2, 0.25) is 0 Å². The summed E-state index contributed by atoms with van der Waals surface area (Å²) < 4.78 is 0. The summed E-state index contributed by atoms with van der Waals surface area (Å²) in [7, 11) is 0. The van der Waals surface area contributed by atoms with Crippen LogP contribution in [0.4, 0.5) is 0 Å². The zero-order valence-electron chi connectivity index (χ0n) is 9.17. The summed E-state index contributed by atoms with van der Waals surface area (Å²) in [4.78, 5) is 12.2. The monoisotopic (exact) mass is 214 g/mol. The van der Waals surface area contributed by atoms with Gasteiger partial charge in [-0.05, 0) is 24.6 Å². The minimum atomic E-state index is 0.282. The molecule has 82 valence electrons. The Morgan fingerprint density at radius 3 is 2.62 bits per heavy atom. The van der Waals surface area contributed by atoms with E-state index in [4.69, 9.17) is 0 Å². The fraction of sp³-hybridized carbons (Fsp3) is 0.250. The summed E-state index contributed by atoms with van der Waals surface area (Å²) in [5.41, 5.74) is 2.17. The Kier molecular flexibility index (Phi) is 3.56. The first kappa shape index (κ1) is 10.7. The van der Waals surface area contributed by atoms with Crippen LogP contribution in [0.1, 0.15) is 24.2 Å². The molecule has 2 aromatic rings. The summed E-state index contributed by atoms with van der Waals surface area (Å²) in [5.74, 6) is 0. The van der Waals surface area contributed by atoms with Crippen LogP contribution in [-0.2, 0) is 6.54 Å². The first-order valence-electron chi connectivity index (χ1n) is 5.24. The first-order valence-corrected chi connectivity index (χ1v) is 5.24. The van der Waals surface area contributed by atoms with Crippen LogP contribution in [0.5, 0.6) is 0 Å². The Morgan fingerprint density at radius 1 is 1.12 bits per heavy atom. The number of nitrogens with zero attached hydrogens (tertiary/aromatic N) is 3. The highest BCUT2D eigenvalue weighted by molar-refractivity contribution is 5.14. The Labute approximate surface area is 94.8 Å². The van der Waals surface area contributed by atoms with Gasteiger partial charge in [-0.15, -0.1) is 0 Å². The molecule has 0 amide bonds. The van der Waals surface area contributed by atoms with E-state index in [1.807, 2.05) is 12.1 Å². The van der Waals surface area contributed by atoms with Crippen molar-refractivity contribution in [1.29, 1.82) is 0 Å². The molecule has 0 aliphatic carbocycles. The fourth-order valence-electron chi connectivity index (χ4n) is 1.45. The van der Waals surface area contributed by atoms with Gasteiger partial charge in [0.1, 0.15) is 0 Å². The Morgan fingerprint density at radius 2 is 1.94 bits per heavy atom. The summed E-state index contributed by atoms with van der Waals surface area (Å²) in [6, 6.07) is 4.30. The lowest BCUT2D eigenvalue weighted by atomic mass is 10.1. The number of rotatable bonds is 4. The first-order chi connectivity index (χ1) is 7.86. The van der Waals surface area contributed by atoms with Crippen molar-refractivity contribution in [1.82, 2.24) is 20.3 Å². The molecule has 0 saturated carbocycles. The van der Waals surface area contributed by atoms with Crippen LogP contribution < -0.4 is 5.32 Å². The van der Waals surface area contributed by atoms with Gasteiger partial charge < -0.3 is 5.32 Å². The second-order valence-corrected chi connectivity index (χ2v) is 3.58. The molecule has 0 aromatic carbocycles. The maximum atomic E-state index is 4.21. The molecule has 0 bridgehead atoms. The molecule has 0 saturated heterocycles. The summed E-state index contributed by atoms with van der Waals surface area (Å²) in [6.45, 7) is 2.84. The van der Waals surface area contributed by atoms with Crippen LogP contribution in [0.25, 0.3) is 0 Å². The molecule has 1 N–H and O–H groups in total. The van der Waals surface area contributed by atoms with E-state index < -0.39 is 0 Å². The molecule has 1 atom stereocenters. The van der Waals surface area contributed by atoms with Crippen LogP contribution in [0.2, 0.25) is 0 Å². The molecule has 0 aliphatic heterocycles. The zero-order chi connectivity index (χ0) is 11.2. The van der Waals surface area contributed by atoms with E-state index in [2.05, 4.69) is 27.2 Å². The predicted molar refractivity (Wildman–Crippen MR) is 61.5 cm³/mol. The number of aromatic nitrogens is 3. The lowest BCUT2D eigenvalue weighted by Gasteiger charge is -2.13. The largest absolute Gasteiger partial charge is 0.305 e. The average molecular weight is 214 g/mol. The third-order valence-electron chi connectivity index (χ3n) is 2.41. The number of nitrogens with one attached hydrogen (secondary N) is 1. The molecule has 4 heteroatoms. The lowest BCUT2D eigenvalue weighted by molar-refractivity contribution is 0.566.